The summed E-state index contributed by atoms with van der Waals surface area (Å²) in [6.07, 6.45) is 9.87. The third kappa shape index (κ3) is 9.16. The van der Waals surface area contributed by atoms with Gasteiger partial charge in [0.05, 0.1) is 13.2 Å². The summed E-state index contributed by atoms with van der Waals surface area (Å²) in [5.74, 6) is 1.89. The molecule has 2 rings (SSSR count). The van der Waals surface area contributed by atoms with Crippen molar-refractivity contribution >= 4 is 5.69 Å². The van der Waals surface area contributed by atoms with Crippen LogP contribution in [0, 0.1) is 0 Å². The molecule has 0 saturated carbocycles. The maximum Gasteiger partial charge on any atom is 0.121 e. The number of benzene rings is 2. The first-order valence-electron chi connectivity index (χ1n) is 11.0. The fourth-order valence-corrected chi connectivity index (χ4v) is 3.04. The number of anilines is 1. The lowest BCUT2D eigenvalue weighted by Gasteiger charge is -2.11. The molecule has 28 heavy (non-hydrogen) atoms. The molecule has 0 spiro atoms. The van der Waals surface area contributed by atoms with Gasteiger partial charge in [-0.15, -0.1) is 0 Å². The van der Waals surface area contributed by atoms with Gasteiger partial charge in [-0.1, -0.05) is 70.6 Å². The maximum atomic E-state index is 5.89. The molecular weight excluding hydrogens is 346 g/mol. The Balaban J connectivity index is 1.70. The molecule has 0 bridgehead atoms. The molecular formula is C25H37NO2. The first kappa shape index (κ1) is 22.1. The quantitative estimate of drug-likeness (QED) is 0.329. The van der Waals surface area contributed by atoms with Gasteiger partial charge in [0.15, 0.2) is 0 Å². The van der Waals surface area contributed by atoms with Crippen LogP contribution in [0.5, 0.6) is 11.5 Å². The third-order valence-electron chi connectivity index (χ3n) is 4.79. The van der Waals surface area contributed by atoms with E-state index in [2.05, 4.69) is 55.6 Å². The van der Waals surface area contributed by atoms with Crippen molar-refractivity contribution in [3.8, 4) is 11.5 Å². The lowest BCUT2D eigenvalue weighted by molar-refractivity contribution is 0.304. The van der Waals surface area contributed by atoms with E-state index < -0.39 is 0 Å². The van der Waals surface area contributed by atoms with Crippen LogP contribution in [0.3, 0.4) is 0 Å². The average Bonchev–Trinajstić information content (AvgIpc) is 2.73. The van der Waals surface area contributed by atoms with E-state index in [1.807, 2.05) is 12.1 Å². The number of unbranched alkanes of at least 4 members (excludes halogenated alkanes) is 6. The van der Waals surface area contributed by atoms with Crippen LogP contribution >= 0.6 is 0 Å². The smallest absolute Gasteiger partial charge is 0.121 e. The van der Waals surface area contributed by atoms with Gasteiger partial charge in [0.1, 0.15) is 11.5 Å². The van der Waals surface area contributed by atoms with Crippen molar-refractivity contribution in [3.63, 3.8) is 0 Å². The van der Waals surface area contributed by atoms with Crippen molar-refractivity contribution in [2.75, 3.05) is 18.5 Å². The zero-order valence-corrected chi connectivity index (χ0v) is 17.7. The lowest BCUT2D eigenvalue weighted by Crippen LogP contribution is -2.01. The Morgan fingerprint density at radius 3 is 2.07 bits per heavy atom. The van der Waals surface area contributed by atoms with Crippen LogP contribution in [0.15, 0.2) is 48.5 Å². The van der Waals surface area contributed by atoms with Gasteiger partial charge in [-0.3, -0.25) is 0 Å². The van der Waals surface area contributed by atoms with Gasteiger partial charge in [0.2, 0.25) is 0 Å². The second-order valence-electron chi connectivity index (χ2n) is 7.34. The van der Waals surface area contributed by atoms with Gasteiger partial charge >= 0.3 is 0 Å². The van der Waals surface area contributed by atoms with Crippen LogP contribution in [0.4, 0.5) is 5.69 Å². The topological polar surface area (TPSA) is 30.5 Å². The molecule has 0 atom stereocenters. The molecule has 0 amide bonds. The van der Waals surface area contributed by atoms with Gasteiger partial charge in [0.25, 0.3) is 0 Å². The van der Waals surface area contributed by atoms with Crippen LogP contribution < -0.4 is 14.8 Å². The van der Waals surface area contributed by atoms with Gasteiger partial charge in [-0.25, -0.2) is 0 Å². The van der Waals surface area contributed by atoms with Gasteiger partial charge < -0.3 is 14.8 Å². The monoisotopic (exact) mass is 383 g/mol. The Hall–Kier alpha value is -2.16. The molecule has 2 aromatic rings. The second-order valence-corrected chi connectivity index (χ2v) is 7.34. The van der Waals surface area contributed by atoms with Crippen LogP contribution in [0.2, 0.25) is 0 Å². The van der Waals surface area contributed by atoms with Crippen molar-refractivity contribution in [3.05, 3.63) is 54.1 Å². The molecule has 0 heterocycles. The van der Waals surface area contributed by atoms with Crippen molar-refractivity contribution in [1.82, 2.24) is 0 Å². The normalized spacial score (nSPS) is 10.6. The second kappa shape index (κ2) is 13.9. The standard InChI is InChI=1S/C25H37NO2/c1-3-5-7-8-10-19-28-25-13-11-12-23(20-25)26-21-22-14-16-24(17-15-22)27-18-9-6-4-2/h11-17,20,26H,3-10,18-19,21H2,1-2H3. The van der Waals surface area contributed by atoms with E-state index in [-0.39, 0.29) is 0 Å². The molecule has 0 unspecified atom stereocenters. The van der Waals surface area contributed by atoms with E-state index in [1.54, 1.807) is 0 Å². The molecule has 0 fully saturated rings. The Labute approximate surface area is 171 Å². The molecule has 3 heteroatoms. The average molecular weight is 384 g/mol. The molecule has 0 saturated heterocycles. The van der Waals surface area contributed by atoms with Crippen LogP contribution in [-0.2, 0) is 6.54 Å². The number of hydrogen-bond donors (Lipinski definition) is 1. The molecule has 1 N–H and O–H groups in total. The first-order chi connectivity index (χ1) is 13.8. The van der Waals surface area contributed by atoms with Gasteiger partial charge in [0, 0.05) is 18.3 Å². The first-order valence-corrected chi connectivity index (χ1v) is 11.0. The summed E-state index contributed by atoms with van der Waals surface area (Å²) in [6.45, 7) is 6.84. The predicted octanol–water partition coefficient (Wildman–Crippen LogP) is 7.22. The highest BCUT2D eigenvalue weighted by Crippen LogP contribution is 2.19. The number of nitrogens with one attached hydrogen (secondary N) is 1. The number of ether oxygens (including phenoxy) is 2. The highest BCUT2D eigenvalue weighted by molar-refractivity contribution is 5.48. The minimum atomic E-state index is 0.788. The summed E-state index contributed by atoms with van der Waals surface area (Å²) >= 11 is 0. The predicted molar refractivity (Wildman–Crippen MR) is 119 cm³/mol. The highest BCUT2D eigenvalue weighted by atomic mass is 16.5. The van der Waals surface area contributed by atoms with Crippen molar-refractivity contribution in [2.45, 2.75) is 71.8 Å². The van der Waals surface area contributed by atoms with E-state index in [1.165, 1.54) is 44.1 Å². The van der Waals surface area contributed by atoms with E-state index >= 15 is 0 Å². The third-order valence-corrected chi connectivity index (χ3v) is 4.79. The lowest BCUT2D eigenvalue weighted by atomic mass is 10.2. The Morgan fingerprint density at radius 1 is 0.679 bits per heavy atom. The van der Waals surface area contributed by atoms with E-state index in [0.29, 0.717) is 0 Å². The van der Waals surface area contributed by atoms with Crippen LogP contribution in [0.1, 0.15) is 70.8 Å². The van der Waals surface area contributed by atoms with E-state index in [4.69, 9.17) is 9.47 Å². The number of hydrogen-bond acceptors (Lipinski definition) is 3. The summed E-state index contributed by atoms with van der Waals surface area (Å²) in [5, 5.41) is 3.48. The molecule has 0 aliphatic carbocycles. The molecule has 0 aliphatic heterocycles. The van der Waals surface area contributed by atoms with Crippen LogP contribution in [0.25, 0.3) is 0 Å². The highest BCUT2D eigenvalue weighted by Gasteiger charge is 2.00. The van der Waals surface area contributed by atoms with E-state index in [9.17, 15) is 0 Å². The van der Waals surface area contributed by atoms with Gasteiger partial charge in [-0.2, -0.15) is 0 Å². The SMILES string of the molecule is CCCCCCCOc1cccc(NCc2ccc(OCCCCC)cc2)c1. The Kier molecular flexibility index (Phi) is 11.0. The van der Waals surface area contributed by atoms with Crippen molar-refractivity contribution in [1.29, 1.82) is 0 Å². The fourth-order valence-electron chi connectivity index (χ4n) is 3.04. The zero-order valence-electron chi connectivity index (χ0n) is 17.7. The van der Waals surface area contributed by atoms with Crippen molar-refractivity contribution < 1.29 is 9.47 Å². The summed E-state index contributed by atoms with van der Waals surface area (Å²) in [4.78, 5) is 0. The van der Waals surface area contributed by atoms with Crippen LogP contribution in [-0.4, -0.2) is 13.2 Å². The Bertz CT molecular complexity index is 639. The molecule has 0 aromatic heterocycles. The minimum absolute atomic E-state index is 0.788. The summed E-state index contributed by atoms with van der Waals surface area (Å²) in [7, 11) is 0. The molecule has 3 nitrogen and oxygen atoms in total. The number of rotatable bonds is 15. The fraction of sp³-hybridized carbons (Fsp3) is 0.520. The largest absolute Gasteiger partial charge is 0.494 e. The minimum Gasteiger partial charge on any atom is -0.494 e. The molecule has 154 valence electrons. The molecule has 2 aromatic carbocycles. The molecule has 0 aliphatic rings. The van der Waals surface area contributed by atoms with E-state index in [0.717, 1.165) is 49.8 Å². The Morgan fingerprint density at radius 2 is 1.32 bits per heavy atom. The summed E-state index contributed by atoms with van der Waals surface area (Å²) in [6, 6.07) is 16.6. The summed E-state index contributed by atoms with van der Waals surface area (Å²) in [5.41, 5.74) is 2.33. The zero-order chi connectivity index (χ0) is 19.9. The van der Waals surface area contributed by atoms with Gasteiger partial charge in [-0.05, 0) is 42.7 Å². The maximum absolute atomic E-state index is 5.89. The summed E-state index contributed by atoms with van der Waals surface area (Å²) < 4.78 is 11.7. The van der Waals surface area contributed by atoms with Crippen molar-refractivity contribution in [2.24, 2.45) is 0 Å². The molecule has 0 radical (unpaired) electrons.